The third-order valence-electron chi connectivity index (χ3n) is 2.08. The summed E-state index contributed by atoms with van der Waals surface area (Å²) in [5.74, 6) is 0.658. The smallest absolute Gasteiger partial charge is 0.276 e. The summed E-state index contributed by atoms with van der Waals surface area (Å²) >= 11 is 0. The van der Waals surface area contributed by atoms with Gasteiger partial charge >= 0.3 is 0 Å². The Morgan fingerprint density at radius 1 is 1.29 bits per heavy atom. The van der Waals surface area contributed by atoms with Gasteiger partial charge in [-0.05, 0) is 24.4 Å². The molecule has 14 heavy (non-hydrogen) atoms. The lowest BCUT2D eigenvalue weighted by molar-refractivity contribution is 0.450. The van der Waals surface area contributed by atoms with Crippen molar-refractivity contribution in [1.29, 1.82) is 0 Å². The first kappa shape index (κ1) is 10.8. The Balaban J connectivity index is 2.85. The Morgan fingerprint density at radius 2 is 1.86 bits per heavy atom. The van der Waals surface area contributed by atoms with Crippen molar-refractivity contribution < 1.29 is 4.43 Å². The molecule has 2 heteroatoms. The van der Waals surface area contributed by atoms with Gasteiger partial charge in [0.2, 0.25) is 0 Å². The molecule has 1 rings (SSSR count). The second-order valence-electron chi connectivity index (χ2n) is 3.65. The number of rotatable bonds is 4. The number of hydrogen-bond acceptors (Lipinski definition) is 1. The molecule has 0 spiro atoms. The van der Waals surface area contributed by atoms with Crippen molar-refractivity contribution in [3.8, 4) is 0 Å². The molecule has 0 aliphatic carbocycles. The third kappa shape index (κ3) is 2.60. The van der Waals surface area contributed by atoms with E-state index in [2.05, 4.69) is 38.4 Å². The van der Waals surface area contributed by atoms with Gasteiger partial charge in [0.05, 0.1) is 5.76 Å². The lowest BCUT2D eigenvalue weighted by Gasteiger charge is -2.24. The molecule has 0 N–H and O–H groups in total. The maximum absolute atomic E-state index is 5.80. The molecule has 0 atom stereocenters. The van der Waals surface area contributed by atoms with Crippen LogP contribution in [-0.2, 0) is 4.43 Å². The van der Waals surface area contributed by atoms with E-state index in [1.807, 2.05) is 18.2 Å². The zero-order valence-corrected chi connectivity index (χ0v) is 9.79. The van der Waals surface area contributed by atoms with E-state index in [-0.39, 0.29) is 0 Å². The fourth-order valence-corrected chi connectivity index (χ4v) is 3.12. The second-order valence-corrected chi connectivity index (χ2v) is 7.45. The molecular formula is C12H16OSi. The SMILES string of the molecule is C=CC(=C)O[Si](C)(C)c1ccccc1. The molecule has 0 aromatic heterocycles. The van der Waals surface area contributed by atoms with Crippen LogP contribution in [0.2, 0.25) is 13.1 Å². The summed E-state index contributed by atoms with van der Waals surface area (Å²) in [5, 5.41) is 1.27. The normalized spacial score (nSPS) is 10.7. The third-order valence-corrected chi connectivity index (χ3v) is 4.58. The zero-order valence-electron chi connectivity index (χ0n) is 8.79. The minimum absolute atomic E-state index is 0.658. The monoisotopic (exact) mass is 204 g/mol. The summed E-state index contributed by atoms with van der Waals surface area (Å²) in [7, 11) is -1.83. The lowest BCUT2D eigenvalue weighted by Crippen LogP contribution is -2.44. The molecule has 1 aromatic rings. The van der Waals surface area contributed by atoms with Gasteiger partial charge in [-0.25, -0.2) is 0 Å². The van der Waals surface area contributed by atoms with Gasteiger partial charge in [-0.1, -0.05) is 43.5 Å². The largest absolute Gasteiger partial charge is 0.540 e. The highest BCUT2D eigenvalue weighted by atomic mass is 28.4. The maximum atomic E-state index is 5.80. The van der Waals surface area contributed by atoms with Crippen LogP contribution in [0.4, 0.5) is 0 Å². The minimum atomic E-state index is -1.83. The predicted octanol–water partition coefficient (Wildman–Crippen LogP) is 2.82. The quantitative estimate of drug-likeness (QED) is 0.416. The van der Waals surface area contributed by atoms with E-state index in [1.165, 1.54) is 5.19 Å². The van der Waals surface area contributed by atoms with Crippen LogP contribution >= 0.6 is 0 Å². The van der Waals surface area contributed by atoms with E-state index < -0.39 is 8.32 Å². The zero-order chi connectivity index (χ0) is 10.6. The van der Waals surface area contributed by atoms with Crippen molar-refractivity contribution in [3.05, 3.63) is 55.3 Å². The Kier molecular flexibility index (Phi) is 3.31. The fraction of sp³-hybridized carbons (Fsp3) is 0.167. The first-order chi connectivity index (χ1) is 6.56. The number of allylic oxidation sites excluding steroid dienone is 1. The van der Waals surface area contributed by atoms with Gasteiger partial charge in [0.1, 0.15) is 0 Å². The van der Waals surface area contributed by atoms with Crippen molar-refractivity contribution >= 4 is 13.5 Å². The molecule has 0 amide bonds. The second kappa shape index (κ2) is 4.29. The number of benzene rings is 1. The van der Waals surface area contributed by atoms with Crippen molar-refractivity contribution in [3.63, 3.8) is 0 Å². The first-order valence-corrected chi connectivity index (χ1v) is 7.53. The Bertz CT molecular complexity index is 327. The average Bonchev–Trinajstić information content (AvgIpc) is 2.18. The van der Waals surface area contributed by atoms with Crippen LogP contribution in [-0.4, -0.2) is 8.32 Å². The molecule has 0 unspecified atom stereocenters. The van der Waals surface area contributed by atoms with Crippen LogP contribution in [0.1, 0.15) is 0 Å². The van der Waals surface area contributed by atoms with Gasteiger partial charge < -0.3 is 4.43 Å². The molecule has 1 aromatic carbocycles. The average molecular weight is 204 g/mol. The van der Waals surface area contributed by atoms with Crippen molar-refractivity contribution in [1.82, 2.24) is 0 Å². The van der Waals surface area contributed by atoms with Crippen LogP contribution in [0.25, 0.3) is 0 Å². The van der Waals surface area contributed by atoms with Gasteiger partial charge in [0.15, 0.2) is 0 Å². The number of hydrogen-bond donors (Lipinski definition) is 0. The summed E-state index contributed by atoms with van der Waals surface area (Å²) in [5.41, 5.74) is 0. The van der Waals surface area contributed by atoms with Crippen LogP contribution in [0.3, 0.4) is 0 Å². The highest BCUT2D eigenvalue weighted by Crippen LogP contribution is 2.10. The van der Waals surface area contributed by atoms with Crippen LogP contribution in [0.5, 0.6) is 0 Å². The van der Waals surface area contributed by atoms with E-state index in [4.69, 9.17) is 4.43 Å². The molecule has 0 aliphatic heterocycles. The van der Waals surface area contributed by atoms with Crippen molar-refractivity contribution in [2.75, 3.05) is 0 Å². The highest BCUT2D eigenvalue weighted by Gasteiger charge is 2.26. The van der Waals surface area contributed by atoms with Crippen LogP contribution in [0.15, 0.2) is 55.3 Å². The molecule has 0 aliphatic rings. The summed E-state index contributed by atoms with van der Waals surface area (Å²) < 4.78 is 5.80. The summed E-state index contributed by atoms with van der Waals surface area (Å²) in [6.07, 6.45) is 1.65. The summed E-state index contributed by atoms with van der Waals surface area (Å²) in [4.78, 5) is 0. The molecule has 0 fully saturated rings. The summed E-state index contributed by atoms with van der Waals surface area (Å²) in [6, 6.07) is 10.3. The topological polar surface area (TPSA) is 9.23 Å². The van der Waals surface area contributed by atoms with E-state index in [1.54, 1.807) is 6.08 Å². The van der Waals surface area contributed by atoms with E-state index in [0.29, 0.717) is 5.76 Å². The Morgan fingerprint density at radius 3 is 2.36 bits per heavy atom. The lowest BCUT2D eigenvalue weighted by atomic mass is 10.4. The van der Waals surface area contributed by atoms with Crippen molar-refractivity contribution in [2.24, 2.45) is 0 Å². The van der Waals surface area contributed by atoms with Gasteiger partial charge in [-0.15, -0.1) is 0 Å². The standard InChI is InChI=1S/C12H16OSi/c1-5-11(2)13-14(3,4)12-9-7-6-8-10-12/h5-10H,1-2H2,3-4H3. The molecule has 74 valence electrons. The van der Waals surface area contributed by atoms with Gasteiger partial charge in [0, 0.05) is 0 Å². The maximum Gasteiger partial charge on any atom is 0.276 e. The van der Waals surface area contributed by atoms with Gasteiger partial charge in [-0.2, -0.15) is 0 Å². The Labute approximate surface area is 86.9 Å². The van der Waals surface area contributed by atoms with E-state index >= 15 is 0 Å². The molecule has 0 heterocycles. The molecule has 0 saturated carbocycles. The van der Waals surface area contributed by atoms with E-state index in [0.717, 1.165) is 0 Å². The highest BCUT2D eigenvalue weighted by molar-refractivity contribution is 6.84. The predicted molar refractivity (Wildman–Crippen MR) is 64.0 cm³/mol. The van der Waals surface area contributed by atoms with Crippen LogP contribution in [0, 0.1) is 0 Å². The molecule has 0 saturated heterocycles. The Hall–Kier alpha value is -1.28. The van der Waals surface area contributed by atoms with Gasteiger partial charge in [0.25, 0.3) is 8.32 Å². The molecule has 0 radical (unpaired) electrons. The van der Waals surface area contributed by atoms with E-state index in [9.17, 15) is 0 Å². The minimum Gasteiger partial charge on any atom is -0.540 e. The van der Waals surface area contributed by atoms with Gasteiger partial charge in [-0.3, -0.25) is 0 Å². The first-order valence-electron chi connectivity index (χ1n) is 4.62. The fourth-order valence-electron chi connectivity index (χ4n) is 1.27. The van der Waals surface area contributed by atoms with Crippen molar-refractivity contribution in [2.45, 2.75) is 13.1 Å². The van der Waals surface area contributed by atoms with Crippen LogP contribution < -0.4 is 5.19 Å². The molecule has 1 nitrogen and oxygen atoms in total. The summed E-state index contributed by atoms with van der Waals surface area (Å²) in [6.45, 7) is 11.7. The molecule has 0 bridgehead atoms. The molecular weight excluding hydrogens is 188 g/mol.